The Bertz CT molecular complexity index is 849. The average Bonchev–Trinajstić information content (AvgIpc) is 2.75. The summed E-state index contributed by atoms with van der Waals surface area (Å²) in [6.07, 6.45) is 0. The van der Waals surface area contributed by atoms with Crippen molar-refractivity contribution in [2.75, 3.05) is 5.75 Å². The summed E-state index contributed by atoms with van der Waals surface area (Å²) >= 11 is 1.47. The van der Waals surface area contributed by atoms with E-state index in [1.54, 1.807) is 0 Å². The molecular formula is C24H22NO3S-. The minimum absolute atomic E-state index is 0.153. The number of thioether (sulfide) groups is 1. The maximum absolute atomic E-state index is 11.6. The van der Waals surface area contributed by atoms with Crippen LogP contribution >= 0.6 is 11.8 Å². The molecule has 0 aliphatic heterocycles. The van der Waals surface area contributed by atoms with Gasteiger partial charge in [-0.2, -0.15) is 0 Å². The summed E-state index contributed by atoms with van der Waals surface area (Å²) in [7, 11) is 0. The third-order valence-electron chi connectivity index (χ3n) is 4.67. The van der Waals surface area contributed by atoms with E-state index in [-0.39, 0.29) is 5.75 Å². The first-order valence-electron chi connectivity index (χ1n) is 9.32. The minimum Gasteiger partial charge on any atom is -0.548 e. The molecule has 148 valence electrons. The van der Waals surface area contributed by atoms with Gasteiger partial charge in [-0.15, -0.1) is 11.8 Å². The maximum Gasteiger partial charge on any atom is 0.217 e. The molecule has 3 aromatic carbocycles. The molecule has 3 aromatic rings. The number of rotatable bonds is 8. The third kappa shape index (κ3) is 4.69. The lowest BCUT2D eigenvalue weighted by Crippen LogP contribution is -2.49. The van der Waals surface area contributed by atoms with Crippen LogP contribution in [0.25, 0.3) is 0 Å². The van der Waals surface area contributed by atoms with Gasteiger partial charge < -0.3 is 15.2 Å². The highest BCUT2D eigenvalue weighted by Crippen LogP contribution is 2.48. The number of carbonyl (C=O) groups is 2. The van der Waals surface area contributed by atoms with E-state index in [0.717, 1.165) is 16.7 Å². The summed E-state index contributed by atoms with van der Waals surface area (Å²) in [5, 5.41) is 14.1. The Labute approximate surface area is 175 Å². The van der Waals surface area contributed by atoms with E-state index in [1.807, 2.05) is 91.0 Å². The molecule has 5 heteroatoms. The number of carboxylic acid groups (broad SMARTS) is 1. The molecule has 1 amide bonds. The monoisotopic (exact) mass is 404 g/mol. The van der Waals surface area contributed by atoms with Gasteiger partial charge in [-0.1, -0.05) is 91.0 Å². The van der Waals surface area contributed by atoms with Gasteiger partial charge in [0.25, 0.3) is 0 Å². The van der Waals surface area contributed by atoms with Crippen molar-refractivity contribution in [2.45, 2.75) is 17.7 Å². The standard InChI is InChI=1S/C24H23NO3S/c1-18(26)25-22(23(27)28)17-29-24(19-11-5-2-6-12-19,20-13-7-3-8-14-20)21-15-9-4-10-16-21/h2-16,22H,17H2,1H3,(H,25,26)(H,27,28)/p-1/t22-/m0/s1. The molecule has 0 aliphatic carbocycles. The van der Waals surface area contributed by atoms with Crippen LogP contribution in [0.15, 0.2) is 91.0 Å². The number of benzene rings is 3. The molecule has 0 radical (unpaired) electrons. The van der Waals surface area contributed by atoms with Crippen molar-refractivity contribution in [2.24, 2.45) is 0 Å². The lowest BCUT2D eigenvalue weighted by atomic mass is 9.84. The van der Waals surface area contributed by atoms with Crippen molar-refractivity contribution in [3.63, 3.8) is 0 Å². The molecule has 0 bridgehead atoms. The van der Waals surface area contributed by atoms with Crippen LogP contribution in [0.2, 0.25) is 0 Å². The number of carboxylic acids is 1. The molecule has 0 aromatic heterocycles. The summed E-state index contributed by atoms with van der Waals surface area (Å²) in [4.78, 5) is 23.1. The molecule has 0 saturated carbocycles. The lowest BCUT2D eigenvalue weighted by molar-refractivity contribution is -0.307. The molecule has 0 saturated heterocycles. The quantitative estimate of drug-likeness (QED) is 0.586. The van der Waals surface area contributed by atoms with Gasteiger partial charge in [0, 0.05) is 12.7 Å². The number of amides is 1. The molecule has 0 heterocycles. The van der Waals surface area contributed by atoms with E-state index in [1.165, 1.54) is 18.7 Å². The molecule has 3 rings (SSSR count). The predicted octanol–water partition coefficient (Wildman–Crippen LogP) is 2.97. The first kappa shape index (κ1) is 20.7. The Kier molecular flexibility index (Phi) is 6.73. The van der Waals surface area contributed by atoms with Gasteiger partial charge >= 0.3 is 0 Å². The van der Waals surface area contributed by atoms with Crippen LogP contribution in [0.1, 0.15) is 23.6 Å². The number of carbonyl (C=O) groups excluding carboxylic acids is 2. The van der Waals surface area contributed by atoms with Gasteiger partial charge in [0.1, 0.15) is 0 Å². The summed E-state index contributed by atoms with van der Waals surface area (Å²) in [6, 6.07) is 28.9. The predicted molar refractivity (Wildman–Crippen MR) is 114 cm³/mol. The first-order chi connectivity index (χ1) is 14.0. The minimum atomic E-state index is -1.30. The molecule has 4 nitrogen and oxygen atoms in total. The zero-order valence-corrected chi connectivity index (χ0v) is 16.9. The zero-order valence-electron chi connectivity index (χ0n) is 16.1. The van der Waals surface area contributed by atoms with Gasteiger partial charge in [0.15, 0.2) is 0 Å². The van der Waals surface area contributed by atoms with Crippen molar-refractivity contribution in [3.05, 3.63) is 108 Å². The van der Waals surface area contributed by atoms with E-state index in [2.05, 4.69) is 5.32 Å². The molecule has 0 fully saturated rings. The molecule has 0 unspecified atom stereocenters. The molecule has 0 spiro atoms. The molecule has 29 heavy (non-hydrogen) atoms. The third-order valence-corrected chi connectivity index (χ3v) is 6.31. The Morgan fingerprint density at radius 1 is 0.828 bits per heavy atom. The van der Waals surface area contributed by atoms with Gasteiger partial charge in [-0.05, 0) is 16.7 Å². The fourth-order valence-corrected chi connectivity index (χ4v) is 4.94. The van der Waals surface area contributed by atoms with Gasteiger partial charge in [0.2, 0.25) is 5.91 Å². The van der Waals surface area contributed by atoms with Crippen LogP contribution < -0.4 is 10.4 Å². The Hall–Kier alpha value is -3.05. The summed E-state index contributed by atoms with van der Waals surface area (Å²) in [5.41, 5.74) is 3.09. The zero-order chi connectivity index (χ0) is 20.7. The second kappa shape index (κ2) is 9.43. The molecular weight excluding hydrogens is 382 g/mol. The molecule has 1 N–H and O–H groups in total. The fraction of sp³-hybridized carbons (Fsp3) is 0.167. The van der Waals surface area contributed by atoms with Crippen LogP contribution in [0.5, 0.6) is 0 Å². The van der Waals surface area contributed by atoms with Crippen molar-refractivity contribution in [1.82, 2.24) is 5.32 Å². The van der Waals surface area contributed by atoms with Gasteiger partial charge in [-0.25, -0.2) is 0 Å². The highest BCUT2D eigenvalue weighted by atomic mass is 32.2. The highest BCUT2D eigenvalue weighted by molar-refractivity contribution is 8.00. The average molecular weight is 405 g/mol. The van der Waals surface area contributed by atoms with Crippen molar-refractivity contribution in [3.8, 4) is 0 Å². The number of hydrogen-bond acceptors (Lipinski definition) is 4. The highest BCUT2D eigenvalue weighted by Gasteiger charge is 2.37. The van der Waals surface area contributed by atoms with Crippen molar-refractivity contribution in [1.29, 1.82) is 0 Å². The summed E-state index contributed by atoms with van der Waals surface area (Å²) < 4.78 is -0.643. The normalized spacial score (nSPS) is 12.2. The van der Waals surface area contributed by atoms with Gasteiger partial charge in [-0.3, -0.25) is 4.79 Å². The Balaban J connectivity index is 2.14. The van der Waals surface area contributed by atoms with E-state index in [9.17, 15) is 14.7 Å². The van der Waals surface area contributed by atoms with Crippen molar-refractivity contribution >= 4 is 23.6 Å². The van der Waals surface area contributed by atoms with Crippen LogP contribution in [0.4, 0.5) is 0 Å². The van der Waals surface area contributed by atoms with E-state index in [4.69, 9.17) is 0 Å². The van der Waals surface area contributed by atoms with Crippen LogP contribution in [-0.4, -0.2) is 23.7 Å². The smallest absolute Gasteiger partial charge is 0.217 e. The second-order valence-corrected chi connectivity index (χ2v) is 7.90. The topological polar surface area (TPSA) is 69.2 Å². The van der Waals surface area contributed by atoms with Crippen LogP contribution in [-0.2, 0) is 14.3 Å². The molecule has 0 aliphatic rings. The number of aliphatic carboxylic acids is 1. The van der Waals surface area contributed by atoms with E-state index >= 15 is 0 Å². The Morgan fingerprint density at radius 2 is 1.21 bits per heavy atom. The van der Waals surface area contributed by atoms with Crippen LogP contribution in [0, 0.1) is 0 Å². The van der Waals surface area contributed by atoms with E-state index in [0.29, 0.717) is 0 Å². The lowest BCUT2D eigenvalue weighted by Gasteiger charge is -2.36. The largest absolute Gasteiger partial charge is 0.548 e. The fourth-order valence-electron chi connectivity index (χ4n) is 3.39. The number of hydrogen-bond donors (Lipinski definition) is 1. The second-order valence-electron chi connectivity index (χ2n) is 6.66. The first-order valence-corrected chi connectivity index (χ1v) is 10.3. The van der Waals surface area contributed by atoms with Crippen molar-refractivity contribution < 1.29 is 14.7 Å². The SMILES string of the molecule is CC(=O)N[C@@H](CSC(c1ccccc1)(c1ccccc1)c1ccccc1)C(=O)[O-]. The summed E-state index contributed by atoms with van der Waals surface area (Å²) in [6.45, 7) is 1.31. The van der Waals surface area contributed by atoms with Gasteiger partial charge in [0.05, 0.1) is 16.8 Å². The maximum atomic E-state index is 11.6. The van der Waals surface area contributed by atoms with Crippen LogP contribution in [0.3, 0.4) is 0 Å². The Morgan fingerprint density at radius 3 is 1.52 bits per heavy atom. The molecule has 1 atom stereocenters. The summed E-state index contributed by atoms with van der Waals surface area (Å²) in [5.74, 6) is -1.54. The number of nitrogens with one attached hydrogen (secondary N) is 1. The van der Waals surface area contributed by atoms with E-state index < -0.39 is 22.7 Å².